The third-order valence-corrected chi connectivity index (χ3v) is 7.26. The van der Waals surface area contributed by atoms with E-state index in [1.54, 1.807) is 50.4 Å². The molecule has 1 saturated heterocycles. The first-order valence-electron chi connectivity index (χ1n) is 10.3. The molecule has 1 N–H and O–H groups in total. The third kappa shape index (κ3) is 4.25. The maximum absolute atomic E-state index is 13.8. The number of likely N-dealkylation sites (tertiary alicyclic amines) is 1. The van der Waals surface area contributed by atoms with E-state index >= 15 is 0 Å². The normalized spacial score (nSPS) is 18.5. The first-order chi connectivity index (χ1) is 15.3. The van der Waals surface area contributed by atoms with Crippen LogP contribution in [0, 0.1) is 11.7 Å². The van der Waals surface area contributed by atoms with Gasteiger partial charge in [-0.2, -0.15) is 8.42 Å². The number of benzene rings is 2. The van der Waals surface area contributed by atoms with Crippen molar-refractivity contribution < 1.29 is 22.3 Å². The summed E-state index contributed by atoms with van der Waals surface area (Å²) in [6.07, 6.45) is 1.04. The molecule has 2 heterocycles. The van der Waals surface area contributed by atoms with Crippen LogP contribution in [-0.4, -0.2) is 45.3 Å². The van der Waals surface area contributed by atoms with Crippen LogP contribution in [0.1, 0.15) is 25.3 Å². The van der Waals surface area contributed by atoms with Crippen LogP contribution in [0.25, 0.3) is 4.91 Å². The minimum atomic E-state index is -3.82. The third-order valence-electron chi connectivity index (χ3n) is 5.79. The zero-order valence-corrected chi connectivity index (χ0v) is 18.7. The van der Waals surface area contributed by atoms with Gasteiger partial charge in [-0.05, 0) is 61.7 Å². The lowest BCUT2D eigenvalue weighted by atomic mass is 9.95. The second-order valence-electron chi connectivity index (χ2n) is 7.80. The van der Waals surface area contributed by atoms with Crippen molar-refractivity contribution in [1.29, 1.82) is 0 Å². The number of amidine groups is 1. The molecule has 168 valence electrons. The molecule has 0 aromatic heterocycles. The van der Waals surface area contributed by atoms with E-state index in [0.717, 1.165) is 0 Å². The Hall–Kier alpha value is -3.20. The molecule has 9 heteroatoms. The van der Waals surface area contributed by atoms with E-state index in [1.807, 2.05) is 4.90 Å². The largest absolute Gasteiger partial charge is 0.497 e. The van der Waals surface area contributed by atoms with Crippen molar-refractivity contribution in [2.75, 3.05) is 25.5 Å². The minimum absolute atomic E-state index is 0.161. The fraction of sp³-hybridized carbons (Fsp3) is 0.304. The maximum atomic E-state index is 13.8. The standard InChI is InChI=1S/C23H24FN3O4S/c1-15-21(16-7-9-18(31-2)10-8-16)32(29,30)26-22(15)27-13-11-17(12-14-27)23(28)25-20-6-4-3-5-19(20)24/h3-10,17H,11-14H2,1-2H3,(H,25,28). The molecule has 2 aromatic carbocycles. The van der Waals surface area contributed by atoms with Gasteiger partial charge in [0, 0.05) is 24.6 Å². The van der Waals surface area contributed by atoms with E-state index in [9.17, 15) is 17.6 Å². The summed E-state index contributed by atoms with van der Waals surface area (Å²) < 4.78 is 48.6. The Balaban J connectivity index is 1.46. The number of methoxy groups -OCH3 is 1. The molecule has 0 unspecified atom stereocenters. The summed E-state index contributed by atoms with van der Waals surface area (Å²) in [5.74, 6) is 0.0652. The summed E-state index contributed by atoms with van der Waals surface area (Å²) in [5.41, 5.74) is 1.31. The van der Waals surface area contributed by atoms with Gasteiger partial charge >= 0.3 is 0 Å². The SMILES string of the molecule is COc1ccc(C2=C(C)C(N3CCC(C(=O)Nc4ccccc4F)CC3)=NS2(=O)=O)cc1. The van der Waals surface area contributed by atoms with Gasteiger partial charge in [-0.15, -0.1) is 4.40 Å². The number of halogens is 1. The lowest BCUT2D eigenvalue weighted by Crippen LogP contribution is -2.41. The van der Waals surface area contributed by atoms with Crippen LogP contribution in [0.5, 0.6) is 5.75 Å². The summed E-state index contributed by atoms with van der Waals surface area (Å²) in [4.78, 5) is 14.7. The molecule has 4 rings (SSSR count). The van der Waals surface area contributed by atoms with E-state index in [0.29, 0.717) is 48.7 Å². The van der Waals surface area contributed by atoms with Crippen molar-refractivity contribution in [3.63, 3.8) is 0 Å². The monoisotopic (exact) mass is 457 g/mol. The topological polar surface area (TPSA) is 88.1 Å². The zero-order valence-electron chi connectivity index (χ0n) is 17.8. The Morgan fingerprint density at radius 1 is 1.12 bits per heavy atom. The number of carbonyl (C=O) groups excluding carboxylic acids is 1. The molecule has 0 saturated carbocycles. The van der Waals surface area contributed by atoms with Gasteiger partial charge in [0.1, 0.15) is 22.3 Å². The molecular weight excluding hydrogens is 433 g/mol. The average molecular weight is 458 g/mol. The minimum Gasteiger partial charge on any atom is -0.497 e. The molecule has 7 nitrogen and oxygen atoms in total. The van der Waals surface area contributed by atoms with Crippen LogP contribution in [0.15, 0.2) is 58.5 Å². The number of hydrogen-bond donors (Lipinski definition) is 1. The van der Waals surface area contributed by atoms with Crippen LogP contribution in [0.3, 0.4) is 0 Å². The number of piperidine rings is 1. The Bertz CT molecular complexity index is 1200. The number of rotatable bonds is 4. The fourth-order valence-corrected chi connectivity index (χ4v) is 5.56. The predicted octanol–water partition coefficient (Wildman–Crippen LogP) is 3.66. The van der Waals surface area contributed by atoms with Gasteiger partial charge in [0.25, 0.3) is 10.0 Å². The summed E-state index contributed by atoms with van der Waals surface area (Å²) in [5, 5.41) is 2.65. The van der Waals surface area contributed by atoms with Crippen molar-refractivity contribution in [2.45, 2.75) is 19.8 Å². The molecule has 2 aliphatic heterocycles. The number of amides is 1. The van der Waals surface area contributed by atoms with Gasteiger partial charge < -0.3 is 15.0 Å². The van der Waals surface area contributed by atoms with Gasteiger partial charge in [0.15, 0.2) is 0 Å². The summed E-state index contributed by atoms with van der Waals surface area (Å²) >= 11 is 0. The number of nitrogens with one attached hydrogen (secondary N) is 1. The summed E-state index contributed by atoms with van der Waals surface area (Å²) in [6, 6.07) is 12.9. The number of nitrogens with zero attached hydrogens (tertiary/aromatic N) is 2. The molecule has 1 fully saturated rings. The van der Waals surface area contributed by atoms with Gasteiger partial charge in [0.05, 0.1) is 12.8 Å². The number of ether oxygens (including phenoxy) is 1. The maximum Gasteiger partial charge on any atom is 0.285 e. The molecule has 2 aliphatic rings. The second-order valence-corrected chi connectivity index (χ2v) is 9.34. The highest BCUT2D eigenvalue weighted by Gasteiger charge is 2.35. The van der Waals surface area contributed by atoms with Crippen molar-refractivity contribution >= 4 is 32.4 Å². The molecule has 0 bridgehead atoms. The molecule has 0 spiro atoms. The first-order valence-corrected chi connectivity index (χ1v) is 11.7. The average Bonchev–Trinajstić information content (AvgIpc) is 3.04. The van der Waals surface area contributed by atoms with E-state index in [1.165, 1.54) is 12.1 Å². The Morgan fingerprint density at radius 3 is 2.41 bits per heavy atom. The van der Waals surface area contributed by atoms with Gasteiger partial charge in [-0.1, -0.05) is 12.1 Å². The van der Waals surface area contributed by atoms with Gasteiger partial charge in [0.2, 0.25) is 5.91 Å². The first kappa shape index (κ1) is 22.0. The molecule has 32 heavy (non-hydrogen) atoms. The van der Waals surface area contributed by atoms with Gasteiger partial charge in [-0.25, -0.2) is 4.39 Å². The molecule has 2 aromatic rings. The number of anilines is 1. The van der Waals surface area contributed by atoms with Crippen LogP contribution < -0.4 is 10.1 Å². The van der Waals surface area contributed by atoms with Crippen LogP contribution in [-0.2, 0) is 14.8 Å². The summed E-state index contributed by atoms with van der Waals surface area (Å²) in [6.45, 7) is 2.72. The fourth-order valence-electron chi connectivity index (χ4n) is 4.08. The van der Waals surface area contributed by atoms with Crippen molar-refractivity contribution in [1.82, 2.24) is 4.90 Å². The molecule has 0 radical (unpaired) electrons. The molecule has 0 atom stereocenters. The van der Waals surface area contributed by atoms with Crippen molar-refractivity contribution in [3.05, 3.63) is 65.5 Å². The highest BCUT2D eigenvalue weighted by atomic mass is 32.2. The Morgan fingerprint density at radius 2 is 1.78 bits per heavy atom. The van der Waals surface area contributed by atoms with Crippen LogP contribution in [0.2, 0.25) is 0 Å². The van der Waals surface area contributed by atoms with Crippen LogP contribution in [0.4, 0.5) is 10.1 Å². The molecular formula is C23H24FN3O4S. The van der Waals surface area contributed by atoms with Crippen molar-refractivity contribution in [3.8, 4) is 5.75 Å². The van der Waals surface area contributed by atoms with E-state index in [4.69, 9.17) is 4.74 Å². The molecule has 0 aliphatic carbocycles. The second kappa shape index (κ2) is 8.74. The van der Waals surface area contributed by atoms with E-state index in [-0.39, 0.29) is 22.4 Å². The number of para-hydroxylation sites is 1. The Labute approximate surface area is 186 Å². The highest BCUT2D eigenvalue weighted by Crippen LogP contribution is 2.35. The van der Waals surface area contributed by atoms with E-state index in [2.05, 4.69) is 9.71 Å². The number of carbonyl (C=O) groups is 1. The van der Waals surface area contributed by atoms with Crippen LogP contribution >= 0.6 is 0 Å². The highest BCUT2D eigenvalue weighted by molar-refractivity contribution is 8.00. The zero-order chi connectivity index (χ0) is 22.9. The quantitative estimate of drug-likeness (QED) is 0.757. The number of hydrogen-bond acceptors (Lipinski definition) is 5. The summed E-state index contributed by atoms with van der Waals surface area (Å²) in [7, 11) is -2.27. The predicted molar refractivity (Wildman–Crippen MR) is 121 cm³/mol. The lowest BCUT2D eigenvalue weighted by molar-refractivity contribution is -0.121. The van der Waals surface area contributed by atoms with Gasteiger partial charge in [-0.3, -0.25) is 4.79 Å². The Kier molecular flexibility index (Phi) is 6.01. The smallest absolute Gasteiger partial charge is 0.285 e. The van der Waals surface area contributed by atoms with E-state index < -0.39 is 15.8 Å². The number of sulfonamides is 1. The van der Waals surface area contributed by atoms with Crippen molar-refractivity contribution in [2.24, 2.45) is 10.3 Å². The lowest BCUT2D eigenvalue weighted by Gasteiger charge is -2.32. The molecule has 1 amide bonds.